The quantitative estimate of drug-likeness (QED) is 0.150. The molecule has 0 heterocycles. The van der Waals surface area contributed by atoms with Crippen LogP contribution in [0.2, 0.25) is 0 Å². The molecule has 3 N–H and O–H groups in total. The molecule has 0 spiro atoms. The van der Waals surface area contributed by atoms with Crippen LogP contribution in [0.15, 0.2) is 240 Å². The summed E-state index contributed by atoms with van der Waals surface area (Å²) in [5, 5.41) is 20.1. The molecule has 0 amide bonds. The average Bonchev–Trinajstić information content (AvgIpc) is 3.73. The first-order valence-corrected chi connectivity index (χ1v) is 17.8. The molecule has 2 aliphatic rings. The van der Waals surface area contributed by atoms with E-state index >= 15 is 0 Å². The first-order chi connectivity index (χ1) is 26.9. The Bertz CT molecular complexity index is 2550. The van der Waals surface area contributed by atoms with E-state index in [0.29, 0.717) is 16.9 Å². The molecule has 0 aromatic heterocycles. The van der Waals surface area contributed by atoms with E-state index < -0.39 is 0 Å². The number of fused-ring (bicyclic) bond motifs is 2. The van der Waals surface area contributed by atoms with E-state index in [0.717, 1.165) is 49.6 Å². The van der Waals surface area contributed by atoms with Crippen molar-refractivity contribution in [3.05, 3.63) is 266 Å². The number of nitrogens with one attached hydrogen (secondary N) is 2. The summed E-state index contributed by atoms with van der Waals surface area (Å²) >= 11 is 0. The molecular weight excluding hydrogens is 890 g/mol. The van der Waals surface area contributed by atoms with Gasteiger partial charge in [0.1, 0.15) is 5.76 Å². The third-order valence-electron chi connectivity index (χ3n) is 8.70. The van der Waals surface area contributed by atoms with Crippen molar-refractivity contribution in [2.75, 3.05) is 10.6 Å². The van der Waals surface area contributed by atoms with Crippen LogP contribution < -0.4 is 21.5 Å². The molecule has 0 saturated heterocycles. The largest absolute Gasteiger partial charge is 0.507 e. The number of hydrogen-bond donors (Lipinski definition) is 3. The van der Waals surface area contributed by atoms with Crippen molar-refractivity contribution in [1.29, 1.82) is 0 Å². The zero-order valence-electron chi connectivity index (χ0n) is 33.4. The predicted octanol–water partition coefficient (Wildman–Crippen LogP) is 13.7. The summed E-state index contributed by atoms with van der Waals surface area (Å²) in [7, 11) is 0. The molecule has 2 radical (unpaired) electrons. The van der Waals surface area contributed by atoms with Crippen LogP contribution in [0.4, 0.5) is 22.7 Å². The Labute approximate surface area is 405 Å². The molecule has 6 aromatic rings. The summed E-state index contributed by atoms with van der Waals surface area (Å²) in [4.78, 5) is 25.6. The van der Waals surface area contributed by atoms with Gasteiger partial charge in [-0.3, -0.25) is 9.59 Å². The summed E-state index contributed by atoms with van der Waals surface area (Å²) < 4.78 is 0. The van der Waals surface area contributed by atoms with Crippen LogP contribution in [0.3, 0.4) is 0 Å². The molecule has 60 heavy (non-hydrogen) atoms. The van der Waals surface area contributed by atoms with Gasteiger partial charge in [-0.05, 0) is 69.6 Å². The molecule has 0 aliphatic heterocycles. The van der Waals surface area contributed by atoms with Crippen LogP contribution in [-0.2, 0) is 65.4 Å². The number of aliphatic hydroxyl groups is 1. The molecule has 8 rings (SSSR count). The number of hydrogen-bond acceptors (Lipinski definition) is 5. The number of allylic oxidation sites excluding steroid dienone is 12. The van der Waals surface area contributed by atoms with E-state index in [9.17, 15) is 9.59 Å². The Balaban J connectivity index is 0.000000685. The minimum atomic E-state index is -0.0989. The fourth-order valence-electron chi connectivity index (χ4n) is 5.97. The van der Waals surface area contributed by atoms with Gasteiger partial charge in [0.25, 0.3) is 0 Å². The first kappa shape index (κ1) is 52.7. The molecule has 2 aliphatic carbocycles. The third kappa shape index (κ3) is 14.2. The second kappa shape index (κ2) is 26.7. The monoisotopic (exact) mass is 940 g/mol. The Morgan fingerprint density at radius 1 is 0.433 bits per heavy atom. The van der Waals surface area contributed by atoms with E-state index in [1.54, 1.807) is 54.6 Å². The van der Waals surface area contributed by atoms with Crippen LogP contribution in [0.25, 0.3) is 32.7 Å². The van der Waals surface area contributed by atoms with Crippen LogP contribution >= 0.6 is 0 Å². The molecular formula is C53H50N2O3Y2-2. The van der Waals surface area contributed by atoms with Gasteiger partial charge in [0.2, 0.25) is 10.9 Å². The van der Waals surface area contributed by atoms with Gasteiger partial charge in [-0.1, -0.05) is 178 Å². The van der Waals surface area contributed by atoms with Crippen LogP contribution in [-0.4, -0.2) is 5.11 Å². The molecule has 5 nitrogen and oxygen atoms in total. The van der Waals surface area contributed by atoms with Crippen molar-refractivity contribution >= 4 is 44.3 Å². The van der Waals surface area contributed by atoms with Crippen molar-refractivity contribution in [3.63, 3.8) is 0 Å². The summed E-state index contributed by atoms with van der Waals surface area (Å²) in [6.45, 7) is 7.37. The number of benzene rings is 4. The molecule has 6 aromatic carbocycles. The second-order valence-electron chi connectivity index (χ2n) is 12.5. The fourth-order valence-corrected chi connectivity index (χ4v) is 5.97. The molecule has 0 bridgehead atoms. The summed E-state index contributed by atoms with van der Waals surface area (Å²) in [5.74, 6) is 0.236. The number of anilines is 4. The normalized spacial score (nSPS) is 11.7. The maximum absolute atomic E-state index is 12.8. The average molecular weight is 941 g/mol. The van der Waals surface area contributed by atoms with Crippen molar-refractivity contribution in [2.45, 2.75) is 7.43 Å². The van der Waals surface area contributed by atoms with Crippen molar-refractivity contribution in [2.24, 2.45) is 0 Å². The SMILES string of the molecule is C.C=C1C=CC=CC=C1.C=C1C=CC=CC=C1O.O=c1cccccc1Nc1ccc2ccccc2c1-c1c(Nc2cccccc2=O)ccc2ccccc12.[CH3-].[CH3-].[Y].[Y]. The van der Waals surface area contributed by atoms with Gasteiger partial charge in [0, 0.05) is 93.5 Å². The van der Waals surface area contributed by atoms with Gasteiger partial charge < -0.3 is 30.6 Å². The van der Waals surface area contributed by atoms with Gasteiger partial charge in [0.15, 0.2) is 0 Å². The Hall–Kier alpha value is -5.29. The Kier molecular flexibility index (Phi) is 23.5. The zero-order valence-corrected chi connectivity index (χ0v) is 39.1. The number of aliphatic hydroxyl groups excluding tert-OH is 1. The van der Waals surface area contributed by atoms with Gasteiger partial charge in [0.05, 0.1) is 11.4 Å². The third-order valence-corrected chi connectivity index (χ3v) is 8.70. The molecule has 7 heteroatoms. The maximum Gasteiger partial charge on any atom is 0.201 e. The Morgan fingerprint density at radius 2 is 0.833 bits per heavy atom. The molecule has 0 atom stereocenters. The van der Waals surface area contributed by atoms with E-state index in [4.69, 9.17) is 5.11 Å². The second-order valence-corrected chi connectivity index (χ2v) is 12.5. The van der Waals surface area contributed by atoms with E-state index in [-0.39, 0.29) is 104 Å². The minimum absolute atomic E-state index is 0. The van der Waals surface area contributed by atoms with Crippen molar-refractivity contribution in [1.82, 2.24) is 0 Å². The van der Waals surface area contributed by atoms with Gasteiger partial charge >= 0.3 is 0 Å². The van der Waals surface area contributed by atoms with E-state index in [1.165, 1.54) is 0 Å². The molecule has 0 fully saturated rings. The van der Waals surface area contributed by atoms with Crippen LogP contribution in [0.5, 0.6) is 0 Å². The summed E-state index contributed by atoms with van der Waals surface area (Å²) in [6.07, 6.45) is 20.7. The van der Waals surface area contributed by atoms with Crippen molar-refractivity contribution in [3.8, 4) is 11.1 Å². The summed E-state index contributed by atoms with van der Waals surface area (Å²) in [6, 6.07) is 42.1. The van der Waals surface area contributed by atoms with Gasteiger partial charge in [-0.15, -0.1) is 0 Å². The topological polar surface area (TPSA) is 78.4 Å². The molecule has 298 valence electrons. The molecule has 0 saturated carbocycles. The van der Waals surface area contributed by atoms with E-state index in [1.807, 2.05) is 109 Å². The fraction of sp³-hybridized carbons (Fsp3) is 0.0189. The minimum Gasteiger partial charge on any atom is -0.507 e. The standard InChI is InChI=1S/C34H24N2O2.C8H8O.C8H8.CH4.2CH3.2Y/c37-31-17-5-1-3-15-27(31)35-29-21-19-23-11-7-9-13-25(23)33(29)34-26-14-10-8-12-24(26)20-22-30(34)36-28-16-4-2-6-18-32(28)38;1-7-5-3-2-4-6-8(7)9;1-8-6-4-2-3-5-7-8;;;;;/h1-22H,(H,35,37)(H,36,38);2-6,9H,1H2;2-7H,1H2;1H4;2*1H3;;/q;;;;2*-1;;. The predicted molar refractivity (Wildman–Crippen MR) is 253 cm³/mol. The maximum atomic E-state index is 12.8. The first-order valence-electron chi connectivity index (χ1n) is 17.8. The van der Waals surface area contributed by atoms with Crippen LogP contribution in [0, 0.1) is 14.9 Å². The Morgan fingerprint density at radius 3 is 1.32 bits per heavy atom. The zero-order chi connectivity index (χ0) is 38.4. The number of rotatable bonds is 5. The smallest absolute Gasteiger partial charge is 0.201 e. The van der Waals surface area contributed by atoms with E-state index in [2.05, 4.69) is 60.2 Å². The van der Waals surface area contributed by atoms with Gasteiger partial charge in [-0.25, -0.2) is 0 Å². The molecule has 0 unspecified atom stereocenters. The van der Waals surface area contributed by atoms with Gasteiger partial charge in [-0.2, -0.15) is 0 Å². The van der Waals surface area contributed by atoms with Crippen molar-refractivity contribution < 1.29 is 70.5 Å². The van der Waals surface area contributed by atoms with Crippen LogP contribution in [0.1, 0.15) is 7.43 Å². The summed E-state index contributed by atoms with van der Waals surface area (Å²) in [5.41, 5.74) is 5.96.